The third kappa shape index (κ3) is 6.11. The van der Waals surface area contributed by atoms with Crippen molar-refractivity contribution >= 4 is 67.6 Å². The summed E-state index contributed by atoms with van der Waals surface area (Å²) in [4.78, 5) is 74.4. The molecule has 0 spiro atoms. The Labute approximate surface area is 279 Å². The molecule has 250 valence electrons. The minimum absolute atomic E-state index is 0.121. The summed E-state index contributed by atoms with van der Waals surface area (Å²) < 4.78 is 5.10. The standard InChI is InChI=1S/C27H30N14O5S2/c1-14-36(2)21-19(23(44)37(14)3)40(12-28-21)10-15(42)30-25-34-32-17(47-25)8-6-7-9-18-33-35-26(48-18)31-16(43)11-41-13-29-22-20(41)24(45)39(5)27(46)38(22)4/h12-13H,1,6-11H2,2-5H3,(H,30,34,42)(H,31,35,43). The lowest BCUT2D eigenvalue weighted by Crippen LogP contribution is -2.41. The maximum Gasteiger partial charge on any atom is 0.332 e. The van der Waals surface area contributed by atoms with Crippen LogP contribution in [0.5, 0.6) is 0 Å². The highest BCUT2D eigenvalue weighted by Crippen LogP contribution is 2.29. The fourth-order valence-electron chi connectivity index (χ4n) is 5.09. The molecular formula is C27H30N14O5S2. The Morgan fingerprint density at radius 3 is 1.94 bits per heavy atom. The molecule has 0 bridgehead atoms. The van der Waals surface area contributed by atoms with Crippen LogP contribution in [0.4, 0.5) is 16.1 Å². The lowest BCUT2D eigenvalue weighted by molar-refractivity contribution is -0.117. The fraction of sp³-hybridized carbons (Fsp3) is 0.370. The number of anilines is 3. The molecule has 21 heteroatoms. The number of aryl methyl sites for hydroxylation is 3. The predicted molar refractivity (Wildman–Crippen MR) is 176 cm³/mol. The number of unbranched alkanes of at least 4 members (excludes halogenated alkanes) is 1. The van der Waals surface area contributed by atoms with Crippen molar-refractivity contribution in [2.24, 2.45) is 14.1 Å². The molecule has 0 atom stereocenters. The summed E-state index contributed by atoms with van der Waals surface area (Å²) >= 11 is 2.53. The third-order valence-corrected chi connectivity index (χ3v) is 9.52. The molecule has 6 heterocycles. The molecule has 0 aliphatic carbocycles. The summed E-state index contributed by atoms with van der Waals surface area (Å²) in [7, 11) is 6.24. The molecule has 2 N–H and O–H groups in total. The van der Waals surface area contributed by atoms with Gasteiger partial charge < -0.3 is 14.0 Å². The van der Waals surface area contributed by atoms with Gasteiger partial charge in [0.2, 0.25) is 22.1 Å². The summed E-state index contributed by atoms with van der Waals surface area (Å²) in [6, 6.07) is 0. The van der Waals surface area contributed by atoms with E-state index in [0.29, 0.717) is 40.4 Å². The first-order valence-electron chi connectivity index (χ1n) is 14.5. The monoisotopic (exact) mass is 694 g/mol. The van der Waals surface area contributed by atoms with Gasteiger partial charge in [0.15, 0.2) is 22.7 Å². The van der Waals surface area contributed by atoms with Crippen molar-refractivity contribution in [1.82, 2.24) is 53.5 Å². The molecule has 5 aromatic rings. The van der Waals surface area contributed by atoms with Crippen molar-refractivity contribution in [2.45, 2.75) is 38.8 Å². The van der Waals surface area contributed by atoms with Gasteiger partial charge >= 0.3 is 5.69 Å². The normalized spacial score (nSPS) is 13.0. The minimum Gasteiger partial charge on any atom is -0.315 e. The van der Waals surface area contributed by atoms with E-state index < -0.39 is 17.2 Å². The van der Waals surface area contributed by atoms with Gasteiger partial charge in [-0.3, -0.25) is 43.8 Å². The maximum absolute atomic E-state index is 12.8. The molecule has 0 radical (unpaired) electrons. The van der Waals surface area contributed by atoms with Gasteiger partial charge in [-0.2, -0.15) is 0 Å². The van der Waals surface area contributed by atoms with Crippen LogP contribution < -0.4 is 26.8 Å². The summed E-state index contributed by atoms with van der Waals surface area (Å²) in [5.74, 6) is -0.154. The molecule has 0 aromatic carbocycles. The van der Waals surface area contributed by atoms with Gasteiger partial charge in [-0.15, -0.1) is 20.4 Å². The van der Waals surface area contributed by atoms with Crippen molar-refractivity contribution < 1.29 is 14.4 Å². The zero-order chi connectivity index (χ0) is 34.3. The number of fused-ring (bicyclic) bond motifs is 2. The first-order valence-corrected chi connectivity index (χ1v) is 16.2. The molecule has 0 unspecified atom stereocenters. The van der Waals surface area contributed by atoms with Crippen LogP contribution in [0.3, 0.4) is 0 Å². The minimum atomic E-state index is -0.539. The predicted octanol–water partition coefficient (Wildman–Crippen LogP) is 0.169. The van der Waals surface area contributed by atoms with Gasteiger partial charge in [0.1, 0.15) is 28.9 Å². The van der Waals surface area contributed by atoms with Crippen LogP contribution in [0.1, 0.15) is 33.3 Å². The van der Waals surface area contributed by atoms with Crippen molar-refractivity contribution in [3.05, 3.63) is 61.6 Å². The Morgan fingerprint density at radius 2 is 1.33 bits per heavy atom. The van der Waals surface area contributed by atoms with Gasteiger partial charge in [-0.1, -0.05) is 29.3 Å². The van der Waals surface area contributed by atoms with E-state index in [4.69, 9.17) is 0 Å². The molecule has 1 aliphatic heterocycles. The first kappa shape index (κ1) is 32.4. The van der Waals surface area contributed by atoms with Crippen LogP contribution in [-0.4, -0.2) is 85.3 Å². The van der Waals surface area contributed by atoms with Gasteiger partial charge in [-0.05, 0) is 12.8 Å². The van der Waals surface area contributed by atoms with Gasteiger partial charge in [-0.25, -0.2) is 14.8 Å². The molecular weight excluding hydrogens is 665 g/mol. The van der Waals surface area contributed by atoms with Crippen molar-refractivity contribution in [1.29, 1.82) is 0 Å². The third-order valence-electron chi connectivity index (χ3n) is 7.72. The van der Waals surface area contributed by atoms with Crippen LogP contribution in [0, 0.1) is 0 Å². The zero-order valence-corrected chi connectivity index (χ0v) is 28.0. The van der Waals surface area contributed by atoms with E-state index in [1.54, 1.807) is 19.0 Å². The highest BCUT2D eigenvalue weighted by Gasteiger charge is 2.33. The Morgan fingerprint density at radius 1 is 0.771 bits per heavy atom. The van der Waals surface area contributed by atoms with Crippen LogP contribution >= 0.6 is 22.7 Å². The molecule has 6 rings (SSSR count). The van der Waals surface area contributed by atoms with E-state index in [9.17, 15) is 24.0 Å². The van der Waals surface area contributed by atoms with Crippen molar-refractivity contribution in [3.63, 3.8) is 0 Å². The highest BCUT2D eigenvalue weighted by atomic mass is 32.1. The molecule has 0 saturated carbocycles. The Kier molecular flexibility index (Phi) is 8.71. The number of hydrogen-bond acceptors (Lipinski definition) is 14. The lowest BCUT2D eigenvalue weighted by Gasteiger charge is -2.32. The smallest absolute Gasteiger partial charge is 0.315 e. The van der Waals surface area contributed by atoms with Crippen LogP contribution in [0.2, 0.25) is 0 Å². The number of hydrogen-bond donors (Lipinski definition) is 2. The zero-order valence-electron chi connectivity index (χ0n) is 26.3. The van der Waals surface area contributed by atoms with Gasteiger partial charge in [0, 0.05) is 41.0 Å². The van der Waals surface area contributed by atoms with E-state index in [0.717, 1.165) is 27.4 Å². The van der Waals surface area contributed by atoms with Crippen LogP contribution in [0.15, 0.2) is 34.6 Å². The SMILES string of the molecule is C=C1N(C)C(=O)c2c(ncn2CC(=O)Nc2nnc(CCCCc3nnc(NC(=O)Cn4cnc5c4c(=O)n(C)c(=O)n5C)s3)s2)N1C. The topological polar surface area (TPSA) is 213 Å². The molecule has 0 fully saturated rings. The number of rotatable bonds is 11. The Balaban J connectivity index is 0.955. The summed E-state index contributed by atoms with van der Waals surface area (Å²) in [6.45, 7) is 3.57. The molecule has 48 heavy (non-hydrogen) atoms. The highest BCUT2D eigenvalue weighted by molar-refractivity contribution is 7.15. The number of nitrogens with one attached hydrogen (secondary N) is 2. The second-order valence-electron chi connectivity index (χ2n) is 10.9. The van der Waals surface area contributed by atoms with E-state index in [-0.39, 0.29) is 36.1 Å². The van der Waals surface area contributed by atoms with Gasteiger partial charge in [0.25, 0.3) is 11.5 Å². The number of imidazole rings is 2. The van der Waals surface area contributed by atoms with E-state index in [1.165, 1.54) is 68.0 Å². The number of nitrogens with zero attached hydrogens (tertiary/aromatic N) is 12. The fourth-order valence-corrected chi connectivity index (χ4v) is 6.68. The van der Waals surface area contributed by atoms with Crippen LogP contribution in [-0.2, 0) is 49.6 Å². The summed E-state index contributed by atoms with van der Waals surface area (Å²) in [5, 5.41) is 24.1. The second kappa shape index (κ2) is 12.9. The number of aromatic nitrogens is 10. The Bertz CT molecular complexity index is 2200. The summed E-state index contributed by atoms with van der Waals surface area (Å²) in [5.41, 5.74) is -0.397. The largest absolute Gasteiger partial charge is 0.332 e. The number of carbonyl (C=O) groups is 3. The molecule has 19 nitrogen and oxygen atoms in total. The lowest BCUT2D eigenvalue weighted by atomic mass is 10.2. The number of amides is 3. The summed E-state index contributed by atoms with van der Waals surface area (Å²) in [6.07, 6.45) is 5.64. The molecule has 3 amide bonds. The van der Waals surface area contributed by atoms with E-state index in [1.807, 2.05) is 0 Å². The quantitative estimate of drug-likeness (QED) is 0.177. The molecule has 1 aliphatic rings. The average Bonchev–Trinajstić information content (AvgIpc) is 3.87. The van der Waals surface area contributed by atoms with E-state index in [2.05, 4.69) is 47.6 Å². The second-order valence-corrected chi connectivity index (χ2v) is 13.1. The maximum atomic E-state index is 12.8. The van der Waals surface area contributed by atoms with Crippen molar-refractivity contribution in [2.75, 3.05) is 29.6 Å². The first-order chi connectivity index (χ1) is 22.9. The van der Waals surface area contributed by atoms with Crippen molar-refractivity contribution in [3.8, 4) is 0 Å². The van der Waals surface area contributed by atoms with Crippen LogP contribution in [0.25, 0.3) is 11.2 Å². The molecule has 5 aromatic heterocycles. The average molecular weight is 695 g/mol. The van der Waals surface area contributed by atoms with E-state index >= 15 is 0 Å². The number of carbonyl (C=O) groups excluding carboxylic acids is 3. The van der Waals surface area contributed by atoms with Gasteiger partial charge in [0.05, 0.1) is 12.7 Å². The molecule has 0 saturated heterocycles. The Hall–Kier alpha value is -5.57.